The molecule has 1 aromatic rings. The molecule has 0 spiro atoms. The van der Waals surface area contributed by atoms with Gasteiger partial charge in [-0.3, -0.25) is 4.79 Å². The van der Waals surface area contributed by atoms with Crippen LogP contribution in [0.25, 0.3) is 0 Å². The second-order valence-electron chi connectivity index (χ2n) is 2.82. The third-order valence-corrected chi connectivity index (χ3v) is 2.81. The van der Waals surface area contributed by atoms with Crippen LogP contribution in [0.5, 0.6) is 0 Å². The number of carboxylic acids is 1. The summed E-state index contributed by atoms with van der Waals surface area (Å²) in [6, 6.07) is -0.0882. The molecular formula is C8H11ClN2O2S. The molecule has 1 heterocycles. The first kappa shape index (κ1) is 11.3. The molecule has 4 nitrogen and oxygen atoms in total. The molecule has 0 aliphatic rings. The number of nitrogens with one attached hydrogen (secondary N) is 1. The van der Waals surface area contributed by atoms with Crippen molar-refractivity contribution < 1.29 is 9.90 Å². The smallest absolute Gasteiger partial charge is 0.305 e. The van der Waals surface area contributed by atoms with E-state index in [1.807, 2.05) is 6.92 Å². The number of hydrogen-bond acceptors (Lipinski definition) is 4. The molecule has 1 unspecified atom stereocenters. The molecule has 1 rings (SSSR count). The Labute approximate surface area is 90.9 Å². The quantitative estimate of drug-likeness (QED) is 0.822. The van der Waals surface area contributed by atoms with Gasteiger partial charge >= 0.3 is 5.97 Å². The van der Waals surface area contributed by atoms with Crippen LogP contribution >= 0.6 is 22.9 Å². The molecule has 1 aromatic heterocycles. The summed E-state index contributed by atoms with van der Waals surface area (Å²) in [4.78, 5) is 14.5. The Morgan fingerprint density at radius 1 is 1.86 bits per heavy atom. The van der Waals surface area contributed by atoms with Crippen molar-refractivity contribution in [1.29, 1.82) is 0 Å². The molecular weight excluding hydrogens is 224 g/mol. The summed E-state index contributed by atoms with van der Waals surface area (Å²) in [6.07, 6.45) is 0.831. The van der Waals surface area contributed by atoms with Gasteiger partial charge in [-0.05, 0) is 6.42 Å². The maximum absolute atomic E-state index is 10.5. The van der Waals surface area contributed by atoms with Gasteiger partial charge in [-0.2, -0.15) is 0 Å². The molecule has 0 saturated heterocycles. The van der Waals surface area contributed by atoms with E-state index >= 15 is 0 Å². The van der Waals surface area contributed by atoms with Gasteiger partial charge in [0.25, 0.3) is 0 Å². The normalized spacial score (nSPS) is 12.4. The standard InChI is InChI=1S/C8H11ClN2O2S/c1-2-5(3-7(12)13)10-8-11-6(9)4-14-8/h4-5H,2-3H2,1H3,(H,10,11)(H,12,13). The van der Waals surface area contributed by atoms with Gasteiger partial charge in [-0.1, -0.05) is 18.5 Å². The number of carbonyl (C=O) groups is 1. The van der Waals surface area contributed by atoms with Gasteiger partial charge < -0.3 is 10.4 Å². The summed E-state index contributed by atoms with van der Waals surface area (Å²) in [7, 11) is 0. The number of aliphatic carboxylic acids is 1. The third kappa shape index (κ3) is 3.51. The van der Waals surface area contributed by atoms with Gasteiger partial charge in [0.1, 0.15) is 5.15 Å². The summed E-state index contributed by atoms with van der Waals surface area (Å²) >= 11 is 7.01. The Morgan fingerprint density at radius 2 is 2.57 bits per heavy atom. The van der Waals surface area contributed by atoms with Crippen LogP contribution in [0.4, 0.5) is 5.13 Å². The summed E-state index contributed by atoms with van der Waals surface area (Å²) in [5.74, 6) is -0.813. The molecule has 0 aliphatic carbocycles. The van der Waals surface area contributed by atoms with Crippen molar-refractivity contribution in [3.8, 4) is 0 Å². The fraction of sp³-hybridized carbons (Fsp3) is 0.500. The molecule has 6 heteroatoms. The summed E-state index contributed by atoms with van der Waals surface area (Å²) in [5.41, 5.74) is 0. The number of hydrogen-bond donors (Lipinski definition) is 2. The SMILES string of the molecule is CCC(CC(=O)O)Nc1nc(Cl)cs1. The molecule has 0 saturated carbocycles. The summed E-state index contributed by atoms with van der Waals surface area (Å²) < 4.78 is 0. The lowest BCUT2D eigenvalue weighted by Crippen LogP contribution is -2.21. The van der Waals surface area contributed by atoms with E-state index in [1.54, 1.807) is 5.38 Å². The fourth-order valence-corrected chi connectivity index (χ4v) is 1.92. The largest absolute Gasteiger partial charge is 0.481 e. The second kappa shape index (κ2) is 5.17. The van der Waals surface area contributed by atoms with Gasteiger partial charge in [0.05, 0.1) is 6.42 Å². The summed E-state index contributed by atoms with van der Waals surface area (Å²) in [5, 5.41) is 14.4. The number of nitrogens with zero attached hydrogens (tertiary/aromatic N) is 1. The van der Waals surface area contributed by atoms with Crippen LogP contribution in [0.3, 0.4) is 0 Å². The van der Waals surface area contributed by atoms with Crippen LogP contribution in [0.1, 0.15) is 19.8 Å². The topological polar surface area (TPSA) is 62.2 Å². The molecule has 0 fully saturated rings. The number of anilines is 1. The van der Waals surface area contributed by atoms with E-state index in [4.69, 9.17) is 16.7 Å². The van der Waals surface area contributed by atoms with E-state index in [9.17, 15) is 4.79 Å². The monoisotopic (exact) mass is 234 g/mol. The lowest BCUT2D eigenvalue weighted by molar-refractivity contribution is -0.137. The highest BCUT2D eigenvalue weighted by Crippen LogP contribution is 2.20. The molecule has 1 atom stereocenters. The van der Waals surface area contributed by atoms with E-state index in [0.717, 1.165) is 6.42 Å². The molecule has 2 N–H and O–H groups in total. The number of thiazole rings is 1. The van der Waals surface area contributed by atoms with Crippen molar-refractivity contribution in [3.05, 3.63) is 10.5 Å². The Morgan fingerprint density at radius 3 is 3.00 bits per heavy atom. The maximum atomic E-state index is 10.5. The highest BCUT2D eigenvalue weighted by molar-refractivity contribution is 7.14. The molecule has 14 heavy (non-hydrogen) atoms. The van der Waals surface area contributed by atoms with Gasteiger partial charge in [0.2, 0.25) is 0 Å². The maximum Gasteiger partial charge on any atom is 0.305 e. The van der Waals surface area contributed by atoms with Crippen LogP contribution in [-0.4, -0.2) is 22.1 Å². The first-order chi connectivity index (χ1) is 6.61. The highest BCUT2D eigenvalue weighted by Gasteiger charge is 2.12. The molecule has 78 valence electrons. The zero-order valence-corrected chi connectivity index (χ0v) is 9.23. The van der Waals surface area contributed by atoms with Crippen molar-refractivity contribution in [2.24, 2.45) is 0 Å². The lowest BCUT2D eigenvalue weighted by atomic mass is 10.1. The van der Waals surface area contributed by atoms with Crippen molar-refractivity contribution in [3.63, 3.8) is 0 Å². The molecule has 0 aromatic carbocycles. The molecule has 0 amide bonds. The molecule has 0 radical (unpaired) electrons. The molecule has 0 bridgehead atoms. The Hall–Kier alpha value is -0.810. The van der Waals surface area contributed by atoms with E-state index in [1.165, 1.54) is 11.3 Å². The van der Waals surface area contributed by atoms with Crippen LogP contribution in [-0.2, 0) is 4.79 Å². The van der Waals surface area contributed by atoms with Gasteiger partial charge in [0, 0.05) is 11.4 Å². The first-order valence-corrected chi connectivity index (χ1v) is 5.47. The second-order valence-corrected chi connectivity index (χ2v) is 4.07. The van der Waals surface area contributed by atoms with Crippen molar-refractivity contribution in [2.75, 3.05) is 5.32 Å². The van der Waals surface area contributed by atoms with Crippen LogP contribution in [0.2, 0.25) is 5.15 Å². The zero-order chi connectivity index (χ0) is 10.6. The third-order valence-electron chi connectivity index (χ3n) is 1.72. The van der Waals surface area contributed by atoms with Gasteiger partial charge in [0.15, 0.2) is 5.13 Å². The highest BCUT2D eigenvalue weighted by atomic mass is 35.5. The van der Waals surface area contributed by atoms with Crippen LogP contribution < -0.4 is 5.32 Å². The average Bonchev–Trinajstić information content (AvgIpc) is 2.49. The number of halogens is 1. The summed E-state index contributed by atoms with van der Waals surface area (Å²) in [6.45, 7) is 1.93. The molecule has 0 aliphatic heterocycles. The Bertz CT molecular complexity index is 316. The minimum Gasteiger partial charge on any atom is -0.481 e. The minimum atomic E-state index is -0.813. The van der Waals surface area contributed by atoms with Gasteiger partial charge in [-0.15, -0.1) is 11.3 Å². The van der Waals surface area contributed by atoms with E-state index < -0.39 is 5.97 Å². The van der Waals surface area contributed by atoms with Crippen molar-refractivity contribution in [2.45, 2.75) is 25.8 Å². The Kier molecular flexibility index (Phi) is 4.16. The van der Waals surface area contributed by atoms with Crippen LogP contribution in [0, 0.1) is 0 Å². The average molecular weight is 235 g/mol. The predicted molar refractivity (Wildman–Crippen MR) is 57.1 cm³/mol. The Balaban J connectivity index is 2.52. The number of aromatic nitrogens is 1. The van der Waals surface area contributed by atoms with E-state index in [-0.39, 0.29) is 12.5 Å². The van der Waals surface area contributed by atoms with E-state index in [0.29, 0.717) is 10.3 Å². The van der Waals surface area contributed by atoms with E-state index in [2.05, 4.69) is 10.3 Å². The zero-order valence-electron chi connectivity index (χ0n) is 7.66. The number of rotatable bonds is 5. The predicted octanol–water partition coefficient (Wildman–Crippen LogP) is 2.46. The fourth-order valence-electron chi connectivity index (χ4n) is 1.00. The first-order valence-electron chi connectivity index (χ1n) is 4.21. The minimum absolute atomic E-state index is 0.0882. The van der Waals surface area contributed by atoms with Gasteiger partial charge in [-0.25, -0.2) is 4.98 Å². The van der Waals surface area contributed by atoms with Crippen LogP contribution in [0.15, 0.2) is 5.38 Å². The number of carboxylic acid groups (broad SMARTS) is 1. The van der Waals surface area contributed by atoms with Crippen molar-refractivity contribution in [1.82, 2.24) is 4.98 Å². The lowest BCUT2D eigenvalue weighted by Gasteiger charge is -2.12. The van der Waals surface area contributed by atoms with Crippen molar-refractivity contribution >= 4 is 34.0 Å².